The minimum Gasteiger partial charge on any atom is -0.396 e. The summed E-state index contributed by atoms with van der Waals surface area (Å²) >= 11 is 0. The zero-order valence-corrected chi connectivity index (χ0v) is 20.6. The van der Waals surface area contributed by atoms with E-state index in [-0.39, 0.29) is 54.6 Å². The summed E-state index contributed by atoms with van der Waals surface area (Å²) in [5.41, 5.74) is -3.78. The minimum atomic E-state index is -1.52. The van der Waals surface area contributed by atoms with Crippen LogP contribution in [0.3, 0.4) is 0 Å². The van der Waals surface area contributed by atoms with Crippen molar-refractivity contribution >= 4 is 0 Å². The van der Waals surface area contributed by atoms with Crippen LogP contribution < -0.4 is 0 Å². The zero-order valence-electron chi connectivity index (χ0n) is 20.6. The van der Waals surface area contributed by atoms with Crippen molar-refractivity contribution in [3.05, 3.63) is 0 Å². The van der Waals surface area contributed by atoms with Crippen molar-refractivity contribution in [1.82, 2.24) is 4.90 Å². The van der Waals surface area contributed by atoms with E-state index in [1.165, 1.54) is 0 Å². The summed E-state index contributed by atoms with van der Waals surface area (Å²) in [7, 11) is 6.85. The number of hydrogen-bond acceptors (Lipinski definition) is 8. The Hall–Kier alpha value is -0.320. The van der Waals surface area contributed by atoms with E-state index >= 15 is 0 Å². The summed E-state index contributed by atoms with van der Waals surface area (Å²) in [5, 5.41) is 36.6. The number of rotatable bonds is 6. The largest absolute Gasteiger partial charge is 0.396 e. The van der Waals surface area contributed by atoms with E-state index < -0.39 is 28.1 Å². The Morgan fingerprint density at radius 2 is 1.79 bits per heavy atom. The number of aliphatic hydroxyl groups excluding tert-OH is 1. The molecule has 0 aromatic heterocycles. The van der Waals surface area contributed by atoms with Crippen molar-refractivity contribution in [3.63, 3.8) is 0 Å². The number of piperidine rings is 1. The third-order valence-electron chi connectivity index (χ3n) is 11.6. The van der Waals surface area contributed by atoms with Crippen LogP contribution >= 0.6 is 0 Å². The highest BCUT2D eigenvalue weighted by atomic mass is 16.5. The van der Waals surface area contributed by atoms with E-state index in [9.17, 15) is 15.3 Å². The van der Waals surface area contributed by atoms with E-state index in [4.69, 9.17) is 18.9 Å². The second kappa shape index (κ2) is 7.13. The van der Waals surface area contributed by atoms with Crippen LogP contribution in [0.2, 0.25) is 0 Å². The molecule has 6 fully saturated rings. The van der Waals surface area contributed by atoms with Crippen LogP contribution in [0, 0.1) is 34.5 Å². The molecular formula is C25H41NO7. The van der Waals surface area contributed by atoms with Gasteiger partial charge in [-0.2, -0.15) is 0 Å². The predicted octanol–water partition coefficient (Wildman–Crippen LogP) is 0.271. The quantitative estimate of drug-likeness (QED) is 0.512. The average Bonchev–Trinajstić information content (AvgIpc) is 3.24. The van der Waals surface area contributed by atoms with E-state index in [0.29, 0.717) is 13.0 Å². The first kappa shape index (κ1) is 23.1. The lowest BCUT2D eigenvalue weighted by molar-refractivity contribution is -0.320. The van der Waals surface area contributed by atoms with Gasteiger partial charge >= 0.3 is 0 Å². The minimum absolute atomic E-state index is 0.0443. The summed E-state index contributed by atoms with van der Waals surface area (Å²) < 4.78 is 24.5. The molecule has 6 rings (SSSR count). The zero-order chi connectivity index (χ0) is 23.6. The van der Waals surface area contributed by atoms with Crippen molar-refractivity contribution in [1.29, 1.82) is 0 Å². The third-order valence-corrected chi connectivity index (χ3v) is 11.6. The molecule has 1 saturated heterocycles. The molecule has 8 heteroatoms. The fraction of sp³-hybridized carbons (Fsp3) is 1.00. The first-order valence-corrected chi connectivity index (χ1v) is 12.7. The number of likely N-dealkylation sites (tertiary alicyclic amines) is 1. The first-order valence-electron chi connectivity index (χ1n) is 12.7. The van der Waals surface area contributed by atoms with Crippen molar-refractivity contribution in [3.8, 4) is 0 Å². The van der Waals surface area contributed by atoms with Crippen molar-refractivity contribution in [2.24, 2.45) is 34.5 Å². The number of hydrogen-bond donors (Lipinski definition) is 3. The molecule has 0 aromatic rings. The van der Waals surface area contributed by atoms with Gasteiger partial charge in [-0.25, -0.2) is 0 Å². The predicted molar refractivity (Wildman–Crippen MR) is 119 cm³/mol. The van der Waals surface area contributed by atoms with Crippen LogP contribution in [0.5, 0.6) is 0 Å². The Labute approximate surface area is 196 Å². The van der Waals surface area contributed by atoms with E-state index in [0.717, 1.165) is 25.8 Å². The first-order chi connectivity index (χ1) is 15.8. The lowest BCUT2D eigenvalue weighted by Gasteiger charge is -2.70. The van der Waals surface area contributed by atoms with Crippen molar-refractivity contribution in [2.45, 2.75) is 74.3 Å². The number of ether oxygens (including phenoxy) is 4. The molecule has 3 N–H and O–H groups in total. The number of methoxy groups -OCH3 is 4. The van der Waals surface area contributed by atoms with E-state index in [1.54, 1.807) is 28.4 Å². The maximum absolute atomic E-state index is 13.0. The lowest BCUT2D eigenvalue weighted by Crippen LogP contribution is -2.82. The van der Waals surface area contributed by atoms with Gasteiger partial charge in [0, 0.05) is 70.0 Å². The molecular weight excluding hydrogens is 426 g/mol. The summed E-state index contributed by atoms with van der Waals surface area (Å²) in [4.78, 5) is 2.33. The van der Waals surface area contributed by atoms with E-state index in [1.807, 2.05) is 0 Å². The lowest BCUT2D eigenvalue weighted by atomic mass is 9.42. The molecule has 1 spiro atoms. The second-order valence-electron chi connectivity index (χ2n) is 11.8. The maximum Gasteiger partial charge on any atom is 0.136 e. The molecule has 1 heterocycles. The van der Waals surface area contributed by atoms with Gasteiger partial charge in [0.05, 0.1) is 37.1 Å². The van der Waals surface area contributed by atoms with Gasteiger partial charge in [-0.1, -0.05) is 6.92 Å². The van der Waals surface area contributed by atoms with Gasteiger partial charge in [0.2, 0.25) is 0 Å². The van der Waals surface area contributed by atoms with Crippen LogP contribution in [0.1, 0.15) is 32.6 Å². The molecule has 13 atom stereocenters. The smallest absolute Gasteiger partial charge is 0.136 e. The molecule has 1 aliphatic heterocycles. The normalized spacial score (nSPS) is 60.9. The highest BCUT2D eigenvalue weighted by molar-refractivity contribution is 5.41. The van der Waals surface area contributed by atoms with Gasteiger partial charge < -0.3 is 34.3 Å². The molecule has 5 saturated carbocycles. The Morgan fingerprint density at radius 1 is 1.03 bits per heavy atom. The Kier molecular flexibility index (Phi) is 4.99. The molecule has 188 valence electrons. The molecule has 0 radical (unpaired) electrons. The summed E-state index contributed by atoms with van der Waals surface area (Å²) in [5.74, 6) is -0.0916. The molecule has 6 aliphatic rings. The van der Waals surface area contributed by atoms with Gasteiger partial charge in [0.1, 0.15) is 11.2 Å². The van der Waals surface area contributed by atoms with Gasteiger partial charge in [0.15, 0.2) is 0 Å². The number of likely N-dealkylation sites (N-methyl/N-ethyl adjacent to an activating group) is 1. The Bertz CT molecular complexity index is 814. The van der Waals surface area contributed by atoms with Gasteiger partial charge in [-0.15, -0.1) is 0 Å². The van der Waals surface area contributed by atoms with Gasteiger partial charge in [-0.3, -0.25) is 4.90 Å². The third kappa shape index (κ3) is 2.16. The molecule has 0 aromatic carbocycles. The molecule has 7 bridgehead atoms. The Balaban J connectivity index is 1.68. The SMILES string of the molecule is CCN1C[C@]2(CO)CC[C@H](OC)[C@@]34C2C(OC)[C@@](O)(C13)[C@@]1(O)C[C@H](OC)[C@H]2C[C@@H]4[C@@H]1[C@H]2OC. The molecule has 33 heavy (non-hydrogen) atoms. The Morgan fingerprint density at radius 3 is 2.36 bits per heavy atom. The fourth-order valence-electron chi connectivity index (χ4n) is 11.0. The maximum atomic E-state index is 13.0. The highest BCUT2D eigenvalue weighted by Crippen LogP contribution is 2.80. The van der Waals surface area contributed by atoms with Crippen LogP contribution in [0.15, 0.2) is 0 Å². The topological polar surface area (TPSA) is 101 Å². The molecule has 8 nitrogen and oxygen atoms in total. The molecule has 0 amide bonds. The molecule has 3 unspecified atom stereocenters. The van der Waals surface area contributed by atoms with Crippen LogP contribution in [0.4, 0.5) is 0 Å². The highest BCUT2D eigenvalue weighted by Gasteiger charge is 2.91. The van der Waals surface area contributed by atoms with Crippen LogP contribution in [-0.2, 0) is 18.9 Å². The van der Waals surface area contributed by atoms with Gasteiger partial charge in [-0.05, 0) is 31.7 Å². The summed E-state index contributed by atoms with van der Waals surface area (Å²) in [6.07, 6.45) is 1.81. The molecule has 5 aliphatic carbocycles. The number of fused-ring (bicyclic) bond motifs is 2. The monoisotopic (exact) mass is 467 g/mol. The number of nitrogens with zero attached hydrogens (tertiary/aromatic N) is 1. The standard InChI is InChI=1S/C25H41NO7/c1-6-26-11-22(12-27)8-7-16(31-3)24-14-9-13-15(30-2)10-23(28,17(14)18(13)32-4)25(29,21(24)26)20(33-5)19(22)24/h13-21,27-29H,6-12H2,1-5H3/t13-,14-,15+,16+,17-,18+,19?,20?,21?,22+,23-,24+,25-/m1/s1. The van der Waals surface area contributed by atoms with Crippen LogP contribution in [-0.4, -0.2) is 110 Å². The summed E-state index contributed by atoms with van der Waals surface area (Å²) in [6.45, 7) is 3.59. The number of aliphatic hydroxyl groups is 3. The average molecular weight is 468 g/mol. The summed E-state index contributed by atoms with van der Waals surface area (Å²) in [6, 6.07) is -0.312. The van der Waals surface area contributed by atoms with Crippen molar-refractivity contribution < 1.29 is 34.3 Å². The fourth-order valence-corrected chi connectivity index (χ4v) is 11.0. The second-order valence-corrected chi connectivity index (χ2v) is 11.8. The van der Waals surface area contributed by atoms with Gasteiger partial charge in [0.25, 0.3) is 0 Å². The van der Waals surface area contributed by atoms with E-state index in [2.05, 4.69) is 11.8 Å². The van der Waals surface area contributed by atoms with Crippen molar-refractivity contribution in [2.75, 3.05) is 48.1 Å². The van der Waals surface area contributed by atoms with Crippen LogP contribution in [0.25, 0.3) is 0 Å².